The Labute approximate surface area is 161 Å². The number of aromatic nitrogens is 1. The summed E-state index contributed by atoms with van der Waals surface area (Å²) >= 11 is 0. The van der Waals surface area contributed by atoms with E-state index < -0.39 is 24.0 Å². The van der Waals surface area contributed by atoms with Gasteiger partial charge in [-0.3, -0.25) is 9.59 Å². The van der Waals surface area contributed by atoms with Crippen molar-refractivity contribution >= 4 is 22.8 Å². The van der Waals surface area contributed by atoms with Crippen LogP contribution in [0.2, 0.25) is 0 Å². The number of H-pyrrole nitrogens is 1. The number of para-hydroxylation sites is 1. The van der Waals surface area contributed by atoms with E-state index in [1.54, 1.807) is 12.1 Å². The molecule has 1 aromatic heterocycles. The predicted molar refractivity (Wildman–Crippen MR) is 105 cm³/mol. The first kappa shape index (κ1) is 20.9. The maximum absolute atomic E-state index is 10.6. The molecule has 0 aliphatic heterocycles. The van der Waals surface area contributed by atoms with Crippen molar-refractivity contribution in [1.82, 2.24) is 4.98 Å². The summed E-state index contributed by atoms with van der Waals surface area (Å²) < 4.78 is 0. The smallest absolute Gasteiger partial charge is 0.320 e. The van der Waals surface area contributed by atoms with Gasteiger partial charge in [0.1, 0.15) is 17.8 Å². The number of aliphatic carboxylic acids is 2. The summed E-state index contributed by atoms with van der Waals surface area (Å²) in [5.41, 5.74) is 13.6. The second-order valence-corrected chi connectivity index (χ2v) is 6.32. The molecule has 1 unspecified atom stereocenters. The molecule has 0 saturated carbocycles. The third-order valence-electron chi connectivity index (χ3n) is 4.14. The molecule has 8 nitrogen and oxygen atoms in total. The summed E-state index contributed by atoms with van der Waals surface area (Å²) in [6.45, 7) is 0. The number of hydrogen-bond acceptors (Lipinski definition) is 5. The van der Waals surface area contributed by atoms with Crippen molar-refractivity contribution in [2.45, 2.75) is 24.9 Å². The zero-order valence-corrected chi connectivity index (χ0v) is 15.1. The minimum absolute atomic E-state index is 0.160. The van der Waals surface area contributed by atoms with Crippen LogP contribution >= 0.6 is 0 Å². The number of carbonyl (C=O) groups is 2. The van der Waals surface area contributed by atoms with Crippen LogP contribution in [0.1, 0.15) is 11.1 Å². The highest BCUT2D eigenvalue weighted by Crippen LogP contribution is 2.18. The van der Waals surface area contributed by atoms with Gasteiger partial charge >= 0.3 is 11.9 Å². The van der Waals surface area contributed by atoms with Crippen LogP contribution in [0.25, 0.3) is 10.9 Å². The topological polar surface area (TPSA) is 163 Å². The first-order chi connectivity index (χ1) is 13.3. The van der Waals surface area contributed by atoms with Crippen LogP contribution in [0.4, 0.5) is 0 Å². The lowest BCUT2D eigenvalue weighted by Crippen LogP contribution is -2.32. The van der Waals surface area contributed by atoms with E-state index in [0.717, 1.165) is 22.0 Å². The van der Waals surface area contributed by atoms with Gasteiger partial charge in [-0.25, -0.2) is 0 Å². The third-order valence-corrected chi connectivity index (χ3v) is 4.14. The number of carboxylic acids is 2. The molecule has 0 fully saturated rings. The molecule has 8 N–H and O–H groups in total. The lowest BCUT2D eigenvalue weighted by Gasteiger charge is -2.05. The van der Waals surface area contributed by atoms with Gasteiger partial charge in [0.15, 0.2) is 0 Å². The largest absolute Gasteiger partial charge is 0.508 e. The van der Waals surface area contributed by atoms with Crippen molar-refractivity contribution < 1.29 is 24.9 Å². The molecule has 0 aliphatic carbocycles. The molecule has 2 atom stereocenters. The lowest BCUT2D eigenvalue weighted by molar-refractivity contribution is -0.139. The Balaban J connectivity index is 0.000000203. The molecule has 3 rings (SSSR count). The molecule has 148 valence electrons. The van der Waals surface area contributed by atoms with E-state index in [1.807, 2.05) is 30.5 Å². The quantitative estimate of drug-likeness (QED) is 0.374. The number of phenolic OH excluding ortho intramolecular Hbond substituents is 1. The summed E-state index contributed by atoms with van der Waals surface area (Å²) in [6.07, 6.45) is 2.43. The first-order valence-corrected chi connectivity index (χ1v) is 8.57. The number of aromatic amines is 1. The van der Waals surface area contributed by atoms with E-state index in [1.165, 1.54) is 12.1 Å². The van der Waals surface area contributed by atoms with E-state index in [4.69, 9.17) is 26.8 Å². The highest BCUT2D eigenvalue weighted by atomic mass is 16.4. The third kappa shape index (κ3) is 5.83. The molecule has 0 saturated heterocycles. The normalized spacial score (nSPS) is 12.6. The fourth-order valence-corrected chi connectivity index (χ4v) is 2.60. The number of carboxylic acid groups (broad SMARTS) is 2. The number of fused-ring (bicyclic) bond motifs is 1. The van der Waals surface area contributed by atoms with Crippen molar-refractivity contribution in [2.24, 2.45) is 11.5 Å². The zero-order chi connectivity index (χ0) is 20.7. The number of benzene rings is 2. The van der Waals surface area contributed by atoms with Gasteiger partial charge in [-0.15, -0.1) is 0 Å². The second-order valence-electron chi connectivity index (χ2n) is 6.32. The average Bonchev–Trinajstić information content (AvgIpc) is 3.07. The van der Waals surface area contributed by atoms with Gasteiger partial charge in [0.05, 0.1) is 0 Å². The Morgan fingerprint density at radius 2 is 1.46 bits per heavy atom. The molecule has 8 heteroatoms. The standard InChI is InChI=1S/C11H12N2O2.C9H11NO3/c12-9(11(14)15)5-7-6-13-10-4-2-1-3-8(7)10;10-8(9(12)13)5-6-1-3-7(11)4-2-6/h1-4,6,9,13H,5,12H2,(H,14,15);1-4,8,11H,5,10H2,(H,12,13)/t9-;/m0./s1. The van der Waals surface area contributed by atoms with Gasteiger partial charge in [-0.2, -0.15) is 0 Å². The maximum Gasteiger partial charge on any atom is 0.320 e. The van der Waals surface area contributed by atoms with Crippen LogP contribution in [-0.4, -0.2) is 44.3 Å². The Bertz CT molecular complexity index is 936. The average molecular weight is 385 g/mol. The van der Waals surface area contributed by atoms with Crippen LogP contribution in [0.3, 0.4) is 0 Å². The van der Waals surface area contributed by atoms with Crippen molar-refractivity contribution in [3.05, 3.63) is 65.9 Å². The second kappa shape index (κ2) is 9.54. The lowest BCUT2D eigenvalue weighted by atomic mass is 10.1. The van der Waals surface area contributed by atoms with Crippen LogP contribution in [0.5, 0.6) is 5.75 Å². The SMILES string of the molecule is NC(Cc1ccc(O)cc1)C(=O)O.N[C@@H](Cc1c[nH]c2ccccc12)C(=O)O. The van der Waals surface area contributed by atoms with Gasteiger partial charge in [-0.1, -0.05) is 30.3 Å². The molecular formula is C20H23N3O5. The van der Waals surface area contributed by atoms with Crippen LogP contribution < -0.4 is 11.5 Å². The molecular weight excluding hydrogens is 362 g/mol. The minimum Gasteiger partial charge on any atom is -0.508 e. The molecule has 0 spiro atoms. The molecule has 3 aromatic rings. The molecule has 28 heavy (non-hydrogen) atoms. The van der Waals surface area contributed by atoms with Gasteiger partial charge < -0.3 is 31.8 Å². The van der Waals surface area contributed by atoms with Crippen LogP contribution in [0.15, 0.2) is 54.7 Å². The molecule has 0 amide bonds. The number of nitrogens with one attached hydrogen (secondary N) is 1. The van der Waals surface area contributed by atoms with E-state index in [-0.39, 0.29) is 12.2 Å². The maximum atomic E-state index is 10.6. The monoisotopic (exact) mass is 385 g/mol. The highest BCUT2D eigenvalue weighted by molar-refractivity contribution is 5.84. The Kier molecular flexibility index (Phi) is 7.14. The van der Waals surface area contributed by atoms with Crippen molar-refractivity contribution in [2.75, 3.05) is 0 Å². The molecule has 0 aliphatic rings. The predicted octanol–water partition coefficient (Wildman–Crippen LogP) is 1.47. The highest BCUT2D eigenvalue weighted by Gasteiger charge is 2.14. The summed E-state index contributed by atoms with van der Waals surface area (Å²) in [6, 6.07) is 12.3. The van der Waals surface area contributed by atoms with E-state index in [0.29, 0.717) is 6.42 Å². The Hall–Kier alpha value is -3.36. The number of phenols is 1. The summed E-state index contributed by atoms with van der Waals surface area (Å²) in [7, 11) is 0. The Morgan fingerprint density at radius 3 is 2.07 bits per heavy atom. The minimum atomic E-state index is -1.02. The van der Waals surface area contributed by atoms with Crippen molar-refractivity contribution in [3.8, 4) is 5.75 Å². The number of rotatable bonds is 6. The Morgan fingerprint density at radius 1 is 0.893 bits per heavy atom. The fourth-order valence-electron chi connectivity index (χ4n) is 2.60. The van der Waals surface area contributed by atoms with E-state index in [2.05, 4.69) is 4.98 Å². The van der Waals surface area contributed by atoms with E-state index in [9.17, 15) is 9.59 Å². The summed E-state index contributed by atoms with van der Waals surface area (Å²) in [5.74, 6) is -1.83. The molecule has 0 bridgehead atoms. The molecule has 2 aromatic carbocycles. The van der Waals surface area contributed by atoms with Crippen LogP contribution in [0, 0.1) is 0 Å². The first-order valence-electron chi connectivity index (χ1n) is 8.57. The number of aromatic hydroxyl groups is 1. The molecule has 1 heterocycles. The van der Waals surface area contributed by atoms with Gasteiger partial charge in [0, 0.05) is 23.5 Å². The van der Waals surface area contributed by atoms with Gasteiger partial charge in [-0.05, 0) is 35.7 Å². The molecule has 0 radical (unpaired) electrons. The van der Waals surface area contributed by atoms with Crippen molar-refractivity contribution in [3.63, 3.8) is 0 Å². The van der Waals surface area contributed by atoms with Crippen molar-refractivity contribution in [1.29, 1.82) is 0 Å². The van der Waals surface area contributed by atoms with Gasteiger partial charge in [0.25, 0.3) is 0 Å². The number of hydrogen-bond donors (Lipinski definition) is 6. The number of nitrogens with two attached hydrogens (primary N) is 2. The zero-order valence-electron chi connectivity index (χ0n) is 15.1. The van der Waals surface area contributed by atoms with E-state index >= 15 is 0 Å². The fraction of sp³-hybridized carbons (Fsp3) is 0.200. The summed E-state index contributed by atoms with van der Waals surface area (Å²) in [4.78, 5) is 24.1. The summed E-state index contributed by atoms with van der Waals surface area (Å²) in [5, 5.41) is 27.2. The van der Waals surface area contributed by atoms with Gasteiger partial charge in [0.2, 0.25) is 0 Å². The van der Waals surface area contributed by atoms with Crippen LogP contribution in [-0.2, 0) is 22.4 Å².